The Labute approximate surface area is 125 Å². The Hall–Kier alpha value is -2.73. The van der Waals surface area contributed by atoms with E-state index in [1.165, 1.54) is 0 Å². The minimum absolute atomic E-state index is 0.263. The Bertz CT molecular complexity index is 639. The lowest BCUT2D eigenvalue weighted by Crippen LogP contribution is -1.93. The van der Waals surface area contributed by atoms with Gasteiger partial charge in [-0.15, -0.1) is 6.42 Å². The summed E-state index contributed by atoms with van der Waals surface area (Å²) in [7, 11) is 0. The molecule has 0 saturated heterocycles. The second-order valence-electron chi connectivity index (χ2n) is 4.25. The monoisotopic (exact) mass is 279 g/mol. The smallest absolute Gasteiger partial charge is 0.148 e. The molecule has 2 rings (SSSR count). The van der Waals surface area contributed by atoms with Crippen molar-refractivity contribution in [2.24, 2.45) is 4.99 Å². The van der Waals surface area contributed by atoms with Gasteiger partial charge < -0.3 is 9.47 Å². The first kappa shape index (κ1) is 14.7. The first-order valence-electron chi connectivity index (χ1n) is 6.75. The highest BCUT2D eigenvalue weighted by molar-refractivity contribution is 5.82. The second-order valence-corrected chi connectivity index (χ2v) is 4.25. The van der Waals surface area contributed by atoms with Gasteiger partial charge in [-0.2, -0.15) is 0 Å². The largest absolute Gasteiger partial charge is 0.494 e. The normalized spacial score (nSPS) is 10.3. The molecule has 106 valence electrons. The van der Waals surface area contributed by atoms with Crippen molar-refractivity contribution in [2.75, 3.05) is 13.2 Å². The van der Waals surface area contributed by atoms with Gasteiger partial charge in [0.15, 0.2) is 0 Å². The third-order valence-corrected chi connectivity index (χ3v) is 2.69. The summed E-state index contributed by atoms with van der Waals surface area (Å²) in [6.45, 7) is 2.88. The van der Waals surface area contributed by atoms with Crippen molar-refractivity contribution in [3.8, 4) is 23.8 Å². The summed E-state index contributed by atoms with van der Waals surface area (Å²) in [5.74, 6) is 4.03. The van der Waals surface area contributed by atoms with E-state index in [4.69, 9.17) is 15.9 Å². The van der Waals surface area contributed by atoms with Crippen LogP contribution in [0.5, 0.6) is 11.5 Å². The molecule has 3 nitrogen and oxygen atoms in total. The highest BCUT2D eigenvalue weighted by Gasteiger charge is 1.95. The Morgan fingerprint density at radius 3 is 2.62 bits per heavy atom. The van der Waals surface area contributed by atoms with E-state index in [1.54, 1.807) is 6.21 Å². The van der Waals surface area contributed by atoms with Crippen molar-refractivity contribution in [1.29, 1.82) is 0 Å². The molecule has 0 fully saturated rings. The molecule has 3 heteroatoms. The van der Waals surface area contributed by atoms with Gasteiger partial charge in [0.2, 0.25) is 0 Å². The van der Waals surface area contributed by atoms with Crippen LogP contribution in [0.1, 0.15) is 12.5 Å². The number of hydrogen-bond donors (Lipinski definition) is 0. The van der Waals surface area contributed by atoms with Gasteiger partial charge in [0.05, 0.1) is 12.3 Å². The van der Waals surface area contributed by atoms with Crippen LogP contribution in [0.3, 0.4) is 0 Å². The van der Waals surface area contributed by atoms with Crippen LogP contribution in [0.2, 0.25) is 0 Å². The van der Waals surface area contributed by atoms with Crippen LogP contribution in [0.15, 0.2) is 53.5 Å². The van der Waals surface area contributed by atoms with E-state index >= 15 is 0 Å². The topological polar surface area (TPSA) is 30.8 Å². The Balaban J connectivity index is 2.04. The number of rotatable bonds is 6. The average molecular weight is 279 g/mol. The first-order chi connectivity index (χ1) is 10.3. The fraction of sp³-hybridized carbons (Fsp3) is 0.167. The summed E-state index contributed by atoms with van der Waals surface area (Å²) in [5, 5.41) is 0. The fourth-order valence-electron chi connectivity index (χ4n) is 1.75. The zero-order valence-electron chi connectivity index (χ0n) is 12.0. The number of terminal acetylenes is 1. The van der Waals surface area contributed by atoms with Crippen molar-refractivity contribution in [2.45, 2.75) is 6.92 Å². The van der Waals surface area contributed by atoms with Gasteiger partial charge in [-0.05, 0) is 48.9 Å². The van der Waals surface area contributed by atoms with Crippen molar-refractivity contribution >= 4 is 11.9 Å². The molecule has 0 heterocycles. The highest BCUT2D eigenvalue weighted by Crippen LogP contribution is 2.18. The maximum atomic E-state index is 5.39. The summed E-state index contributed by atoms with van der Waals surface area (Å²) in [4.78, 5) is 4.42. The minimum atomic E-state index is 0.263. The molecule has 0 atom stereocenters. The molecule has 0 aliphatic heterocycles. The van der Waals surface area contributed by atoms with Crippen LogP contribution < -0.4 is 9.47 Å². The maximum Gasteiger partial charge on any atom is 0.148 e. The van der Waals surface area contributed by atoms with E-state index in [1.807, 2.05) is 55.5 Å². The van der Waals surface area contributed by atoms with Crippen molar-refractivity contribution in [3.63, 3.8) is 0 Å². The molecule has 0 saturated carbocycles. The Kier molecular flexibility index (Phi) is 5.42. The lowest BCUT2D eigenvalue weighted by molar-refractivity contribution is 0.340. The van der Waals surface area contributed by atoms with Gasteiger partial charge in [0.1, 0.15) is 18.1 Å². The summed E-state index contributed by atoms with van der Waals surface area (Å²) in [6, 6.07) is 15.3. The van der Waals surface area contributed by atoms with Crippen LogP contribution >= 0.6 is 0 Å². The molecule has 0 spiro atoms. The van der Waals surface area contributed by atoms with Gasteiger partial charge in [-0.1, -0.05) is 18.1 Å². The van der Waals surface area contributed by atoms with Crippen LogP contribution in [-0.4, -0.2) is 19.4 Å². The molecular formula is C18H17NO2. The predicted octanol–water partition coefficient (Wildman–Crippen LogP) is 3.85. The van der Waals surface area contributed by atoms with Gasteiger partial charge >= 0.3 is 0 Å². The molecule has 2 aromatic rings. The average Bonchev–Trinajstić information content (AvgIpc) is 2.53. The lowest BCUT2D eigenvalue weighted by atomic mass is 10.2. The molecule has 0 aliphatic carbocycles. The molecule has 0 aromatic heterocycles. The Morgan fingerprint density at radius 1 is 1.10 bits per heavy atom. The van der Waals surface area contributed by atoms with Gasteiger partial charge in [-0.3, -0.25) is 4.99 Å². The van der Waals surface area contributed by atoms with Crippen LogP contribution in [0, 0.1) is 12.3 Å². The molecule has 0 unspecified atom stereocenters. The highest BCUT2D eigenvalue weighted by atomic mass is 16.5. The number of hydrogen-bond acceptors (Lipinski definition) is 3. The molecular weight excluding hydrogens is 262 g/mol. The van der Waals surface area contributed by atoms with E-state index in [9.17, 15) is 0 Å². The number of aliphatic imine (C=N–C) groups is 1. The molecule has 0 amide bonds. The number of ether oxygens (including phenoxy) is 2. The van der Waals surface area contributed by atoms with E-state index in [0.717, 1.165) is 22.7 Å². The van der Waals surface area contributed by atoms with Crippen molar-refractivity contribution in [1.82, 2.24) is 0 Å². The van der Waals surface area contributed by atoms with Gasteiger partial charge in [0, 0.05) is 6.21 Å². The van der Waals surface area contributed by atoms with Gasteiger partial charge in [0.25, 0.3) is 0 Å². The van der Waals surface area contributed by atoms with Crippen molar-refractivity contribution < 1.29 is 9.47 Å². The van der Waals surface area contributed by atoms with E-state index in [0.29, 0.717) is 6.61 Å². The Morgan fingerprint density at radius 2 is 1.90 bits per heavy atom. The van der Waals surface area contributed by atoms with Gasteiger partial charge in [-0.25, -0.2) is 0 Å². The zero-order valence-corrected chi connectivity index (χ0v) is 12.0. The predicted molar refractivity (Wildman–Crippen MR) is 85.6 cm³/mol. The summed E-state index contributed by atoms with van der Waals surface area (Å²) in [5.41, 5.74) is 1.83. The van der Waals surface area contributed by atoms with Crippen molar-refractivity contribution in [3.05, 3.63) is 54.1 Å². The molecule has 21 heavy (non-hydrogen) atoms. The SMILES string of the molecule is C#CCOc1cccc(C=Nc2ccc(OCC)cc2)c1. The summed E-state index contributed by atoms with van der Waals surface area (Å²) < 4.78 is 10.8. The van der Waals surface area contributed by atoms with E-state index in [-0.39, 0.29) is 6.61 Å². The molecule has 0 bridgehead atoms. The summed E-state index contributed by atoms with van der Waals surface area (Å²) >= 11 is 0. The number of benzene rings is 2. The third kappa shape index (κ3) is 4.70. The minimum Gasteiger partial charge on any atom is -0.494 e. The maximum absolute atomic E-state index is 5.39. The van der Waals surface area contributed by atoms with Crippen LogP contribution in [0.4, 0.5) is 5.69 Å². The fourth-order valence-corrected chi connectivity index (χ4v) is 1.75. The molecule has 0 N–H and O–H groups in total. The zero-order chi connectivity index (χ0) is 14.9. The van der Waals surface area contributed by atoms with E-state index < -0.39 is 0 Å². The van der Waals surface area contributed by atoms with Crippen LogP contribution in [-0.2, 0) is 0 Å². The third-order valence-electron chi connectivity index (χ3n) is 2.69. The molecule has 0 radical (unpaired) electrons. The quantitative estimate of drug-likeness (QED) is 0.594. The molecule has 2 aromatic carbocycles. The first-order valence-corrected chi connectivity index (χ1v) is 6.75. The summed E-state index contributed by atoms with van der Waals surface area (Å²) in [6.07, 6.45) is 6.96. The number of nitrogens with zero attached hydrogens (tertiary/aromatic N) is 1. The molecule has 0 aliphatic rings. The lowest BCUT2D eigenvalue weighted by Gasteiger charge is -2.03. The van der Waals surface area contributed by atoms with E-state index in [2.05, 4.69) is 10.9 Å². The van der Waals surface area contributed by atoms with Crippen LogP contribution in [0.25, 0.3) is 0 Å². The standard InChI is InChI=1S/C18H17NO2/c1-3-12-21-18-7-5-6-15(13-18)14-19-16-8-10-17(11-9-16)20-4-2/h1,5-11,13-14H,4,12H2,2H3. The second kappa shape index (κ2) is 7.76.